The number of aliphatic carboxylic acids is 1. The summed E-state index contributed by atoms with van der Waals surface area (Å²) in [6.45, 7) is 0. The van der Waals surface area contributed by atoms with E-state index in [1.54, 1.807) is 0 Å². The Morgan fingerprint density at radius 3 is 2.62 bits per heavy atom. The third-order valence-electron chi connectivity index (χ3n) is 3.08. The van der Waals surface area contributed by atoms with E-state index in [-0.39, 0.29) is 6.42 Å². The lowest BCUT2D eigenvalue weighted by Gasteiger charge is -2.13. The van der Waals surface area contributed by atoms with Crippen molar-refractivity contribution >= 4 is 5.97 Å². The van der Waals surface area contributed by atoms with Gasteiger partial charge in [-0.15, -0.1) is 0 Å². The lowest BCUT2D eigenvalue weighted by atomic mass is 9.97. The Balaban J connectivity index is 2.05. The normalized spacial score (nSPS) is 17.1. The highest BCUT2D eigenvalue weighted by Crippen LogP contribution is 2.46. The van der Waals surface area contributed by atoms with Crippen molar-refractivity contribution in [3.63, 3.8) is 0 Å². The summed E-state index contributed by atoms with van der Waals surface area (Å²) >= 11 is 0. The Morgan fingerprint density at radius 1 is 1.31 bits per heavy atom. The Labute approximate surface area is 94.7 Å². The molecule has 3 nitrogen and oxygen atoms in total. The topological polar surface area (TPSA) is 57.5 Å². The lowest BCUT2D eigenvalue weighted by Crippen LogP contribution is -2.08. The van der Waals surface area contributed by atoms with Crippen molar-refractivity contribution in [2.45, 2.75) is 37.7 Å². The van der Waals surface area contributed by atoms with Crippen LogP contribution in [-0.4, -0.2) is 16.2 Å². The van der Waals surface area contributed by atoms with Crippen LogP contribution in [-0.2, 0) is 16.8 Å². The standard InChI is InChI=1S/C13H16O3/c14-12(15)7-3-5-10-4-1-2-6-11(10)13(16)8-9-13/h1-2,4,6,16H,3,5,7-9H2,(H,14,15). The van der Waals surface area contributed by atoms with Crippen molar-refractivity contribution in [3.05, 3.63) is 35.4 Å². The van der Waals surface area contributed by atoms with E-state index in [1.165, 1.54) is 0 Å². The third kappa shape index (κ3) is 2.42. The van der Waals surface area contributed by atoms with E-state index in [2.05, 4.69) is 0 Å². The molecule has 0 saturated heterocycles. The Morgan fingerprint density at radius 2 is 2.00 bits per heavy atom. The highest BCUT2D eigenvalue weighted by molar-refractivity contribution is 5.66. The number of benzene rings is 1. The maximum atomic E-state index is 10.4. The quantitative estimate of drug-likeness (QED) is 0.798. The summed E-state index contributed by atoms with van der Waals surface area (Å²) in [5.74, 6) is -0.761. The van der Waals surface area contributed by atoms with Gasteiger partial charge in [0.1, 0.15) is 0 Å². The van der Waals surface area contributed by atoms with Crippen LogP contribution >= 0.6 is 0 Å². The number of carbonyl (C=O) groups is 1. The molecule has 1 aliphatic carbocycles. The van der Waals surface area contributed by atoms with Gasteiger partial charge >= 0.3 is 5.97 Å². The average molecular weight is 220 g/mol. The number of hydrogen-bond acceptors (Lipinski definition) is 2. The molecule has 86 valence electrons. The molecule has 3 heteroatoms. The minimum atomic E-state index is -0.761. The molecule has 0 amide bonds. The van der Waals surface area contributed by atoms with E-state index < -0.39 is 11.6 Å². The van der Waals surface area contributed by atoms with E-state index in [1.807, 2.05) is 24.3 Å². The van der Waals surface area contributed by atoms with Crippen LogP contribution in [0.15, 0.2) is 24.3 Å². The zero-order valence-electron chi connectivity index (χ0n) is 9.15. The summed E-state index contributed by atoms with van der Waals surface area (Å²) in [5.41, 5.74) is 1.45. The molecule has 0 radical (unpaired) electrons. The minimum Gasteiger partial charge on any atom is -0.481 e. The molecule has 2 N–H and O–H groups in total. The van der Waals surface area contributed by atoms with Gasteiger partial charge in [0.2, 0.25) is 0 Å². The lowest BCUT2D eigenvalue weighted by molar-refractivity contribution is -0.137. The molecule has 0 aromatic heterocycles. The van der Waals surface area contributed by atoms with E-state index in [0.717, 1.165) is 30.4 Å². The highest BCUT2D eigenvalue weighted by Gasteiger charge is 2.43. The second-order valence-electron chi connectivity index (χ2n) is 4.44. The van der Waals surface area contributed by atoms with Crippen LogP contribution in [0.2, 0.25) is 0 Å². The highest BCUT2D eigenvalue weighted by atomic mass is 16.4. The Kier molecular flexibility index (Phi) is 2.97. The van der Waals surface area contributed by atoms with Gasteiger partial charge in [0, 0.05) is 6.42 Å². The first-order valence-corrected chi connectivity index (χ1v) is 5.64. The minimum absolute atomic E-state index is 0.187. The summed E-state index contributed by atoms with van der Waals surface area (Å²) < 4.78 is 0. The van der Waals surface area contributed by atoms with Gasteiger partial charge in [-0.2, -0.15) is 0 Å². The summed E-state index contributed by atoms with van der Waals surface area (Å²) in [5, 5.41) is 18.7. The monoisotopic (exact) mass is 220 g/mol. The maximum absolute atomic E-state index is 10.4. The van der Waals surface area contributed by atoms with Gasteiger partial charge in [-0.3, -0.25) is 4.79 Å². The fraction of sp³-hybridized carbons (Fsp3) is 0.462. The van der Waals surface area contributed by atoms with Crippen molar-refractivity contribution in [3.8, 4) is 0 Å². The fourth-order valence-electron chi connectivity index (χ4n) is 2.01. The predicted octanol–water partition coefficient (Wildman–Crippen LogP) is 2.08. The van der Waals surface area contributed by atoms with Crippen LogP contribution < -0.4 is 0 Å². The van der Waals surface area contributed by atoms with Crippen molar-refractivity contribution < 1.29 is 15.0 Å². The number of hydrogen-bond donors (Lipinski definition) is 2. The van der Waals surface area contributed by atoms with E-state index in [4.69, 9.17) is 5.11 Å². The molecule has 0 bridgehead atoms. The molecular formula is C13H16O3. The average Bonchev–Trinajstić information content (AvgIpc) is 2.98. The molecule has 1 saturated carbocycles. The van der Waals surface area contributed by atoms with Crippen LogP contribution in [0.25, 0.3) is 0 Å². The Hall–Kier alpha value is -1.35. The maximum Gasteiger partial charge on any atom is 0.303 e. The van der Waals surface area contributed by atoms with Crippen molar-refractivity contribution in [1.29, 1.82) is 0 Å². The SMILES string of the molecule is O=C(O)CCCc1ccccc1C1(O)CC1. The molecule has 0 spiro atoms. The second-order valence-corrected chi connectivity index (χ2v) is 4.44. The molecule has 1 aromatic carbocycles. The molecule has 0 unspecified atom stereocenters. The fourth-order valence-corrected chi connectivity index (χ4v) is 2.01. The molecule has 16 heavy (non-hydrogen) atoms. The van der Waals surface area contributed by atoms with Crippen molar-refractivity contribution in [1.82, 2.24) is 0 Å². The third-order valence-corrected chi connectivity index (χ3v) is 3.08. The largest absolute Gasteiger partial charge is 0.481 e. The van der Waals surface area contributed by atoms with Gasteiger partial charge in [-0.25, -0.2) is 0 Å². The van der Waals surface area contributed by atoms with Crippen LogP contribution in [0.3, 0.4) is 0 Å². The molecule has 1 aromatic rings. The number of aliphatic hydroxyl groups is 1. The molecule has 1 aliphatic rings. The van der Waals surface area contributed by atoms with Crippen LogP contribution in [0.5, 0.6) is 0 Å². The first-order valence-electron chi connectivity index (χ1n) is 5.64. The van der Waals surface area contributed by atoms with Gasteiger partial charge in [0.15, 0.2) is 0 Å². The number of rotatable bonds is 5. The van der Waals surface area contributed by atoms with Gasteiger partial charge in [0.25, 0.3) is 0 Å². The zero-order chi connectivity index (χ0) is 11.6. The first-order chi connectivity index (χ1) is 7.62. The van der Waals surface area contributed by atoms with Crippen molar-refractivity contribution in [2.75, 3.05) is 0 Å². The number of aryl methyl sites for hydroxylation is 1. The molecule has 1 fully saturated rings. The summed E-state index contributed by atoms with van der Waals surface area (Å²) in [7, 11) is 0. The zero-order valence-corrected chi connectivity index (χ0v) is 9.15. The van der Waals surface area contributed by atoms with E-state index in [9.17, 15) is 9.90 Å². The molecule has 0 aliphatic heterocycles. The smallest absolute Gasteiger partial charge is 0.303 e. The van der Waals surface area contributed by atoms with Crippen LogP contribution in [0.1, 0.15) is 36.8 Å². The number of carboxylic acids is 1. The summed E-state index contributed by atoms with van der Waals surface area (Å²) in [6, 6.07) is 7.79. The van der Waals surface area contributed by atoms with Crippen LogP contribution in [0.4, 0.5) is 0 Å². The van der Waals surface area contributed by atoms with Crippen molar-refractivity contribution in [2.24, 2.45) is 0 Å². The molecule has 0 atom stereocenters. The van der Waals surface area contributed by atoms with Gasteiger partial charge < -0.3 is 10.2 Å². The van der Waals surface area contributed by atoms with Gasteiger partial charge in [-0.1, -0.05) is 24.3 Å². The molecule has 0 heterocycles. The van der Waals surface area contributed by atoms with Gasteiger partial charge in [0.05, 0.1) is 5.60 Å². The second kappa shape index (κ2) is 4.26. The first kappa shape index (κ1) is 11.1. The van der Waals surface area contributed by atoms with E-state index in [0.29, 0.717) is 6.42 Å². The Bertz CT molecular complexity index is 394. The summed E-state index contributed by atoms with van der Waals surface area (Å²) in [6.07, 6.45) is 3.19. The number of carboxylic acid groups (broad SMARTS) is 1. The van der Waals surface area contributed by atoms with Gasteiger partial charge in [-0.05, 0) is 36.8 Å². The summed E-state index contributed by atoms with van der Waals surface area (Å²) in [4.78, 5) is 10.4. The predicted molar refractivity (Wildman–Crippen MR) is 60.1 cm³/mol. The molecule has 2 rings (SSSR count). The van der Waals surface area contributed by atoms with Crippen LogP contribution in [0, 0.1) is 0 Å². The van der Waals surface area contributed by atoms with E-state index >= 15 is 0 Å². The molecular weight excluding hydrogens is 204 g/mol.